The van der Waals surface area contributed by atoms with Gasteiger partial charge in [0.1, 0.15) is 6.54 Å². The van der Waals surface area contributed by atoms with E-state index < -0.39 is 17.1 Å². The van der Waals surface area contributed by atoms with Gasteiger partial charge in [-0.05, 0) is 76.1 Å². The number of rotatable bonds is 6. The van der Waals surface area contributed by atoms with Gasteiger partial charge in [0.2, 0.25) is 5.91 Å². The van der Waals surface area contributed by atoms with Gasteiger partial charge in [0.25, 0.3) is 11.1 Å². The number of hydrogen-bond acceptors (Lipinski definition) is 6. The first-order chi connectivity index (χ1) is 14.3. The van der Waals surface area contributed by atoms with Gasteiger partial charge >= 0.3 is 0 Å². The van der Waals surface area contributed by atoms with Gasteiger partial charge in [-0.2, -0.15) is 0 Å². The Hall–Kier alpha value is -2.78. The Kier molecular flexibility index (Phi) is 6.84. The fourth-order valence-electron chi connectivity index (χ4n) is 2.88. The van der Waals surface area contributed by atoms with Gasteiger partial charge in [0.05, 0.1) is 23.6 Å². The lowest BCUT2D eigenvalue weighted by Crippen LogP contribution is -2.36. The number of carbonyl (C=O) groups excluding carboxylic acids is 3. The van der Waals surface area contributed by atoms with E-state index in [0.717, 1.165) is 22.2 Å². The lowest BCUT2D eigenvalue weighted by Gasteiger charge is -2.13. The van der Waals surface area contributed by atoms with E-state index in [2.05, 4.69) is 21.2 Å². The van der Waals surface area contributed by atoms with E-state index in [0.29, 0.717) is 27.2 Å². The number of methoxy groups -OCH3 is 2. The third-order valence-corrected chi connectivity index (χ3v) is 5.73. The molecular formula is C21H19BrN2O5S. The molecule has 2 aromatic rings. The molecule has 0 bridgehead atoms. The van der Waals surface area contributed by atoms with Gasteiger partial charge in [-0.25, -0.2) is 0 Å². The van der Waals surface area contributed by atoms with Crippen molar-refractivity contribution in [1.29, 1.82) is 0 Å². The van der Waals surface area contributed by atoms with Crippen LogP contribution in [0.25, 0.3) is 6.08 Å². The summed E-state index contributed by atoms with van der Waals surface area (Å²) in [6.07, 6.45) is 1.58. The maximum Gasteiger partial charge on any atom is 0.294 e. The minimum absolute atomic E-state index is 0.225. The summed E-state index contributed by atoms with van der Waals surface area (Å²) in [7, 11) is 3.03. The second kappa shape index (κ2) is 9.36. The summed E-state index contributed by atoms with van der Waals surface area (Å²) < 4.78 is 11.2. The number of halogens is 1. The minimum Gasteiger partial charge on any atom is -0.493 e. The van der Waals surface area contributed by atoms with Crippen molar-refractivity contribution in [2.75, 3.05) is 26.1 Å². The number of aryl methyl sites for hydroxylation is 1. The quantitative estimate of drug-likeness (QED) is 0.602. The standard InChI is InChI=1S/C21H19BrN2O5S/c1-12-5-4-6-14(7-12)23-18(25)11-24-20(26)17(30-21(24)27)10-13-8-15(22)19(29-3)16(9-13)28-2/h4-10H,11H2,1-3H3,(H,23,25)/b17-10+. The molecule has 1 aliphatic heterocycles. The fourth-order valence-corrected chi connectivity index (χ4v) is 4.34. The Morgan fingerprint density at radius 2 is 1.97 bits per heavy atom. The molecule has 0 spiro atoms. The number of imide groups is 1. The van der Waals surface area contributed by atoms with Crippen LogP contribution in [-0.2, 0) is 9.59 Å². The second-order valence-corrected chi connectivity index (χ2v) is 8.27. The lowest BCUT2D eigenvalue weighted by atomic mass is 10.2. The third kappa shape index (κ3) is 4.85. The van der Waals surface area contributed by atoms with Crippen LogP contribution < -0.4 is 14.8 Å². The lowest BCUT2D eigenvalue weighted by molar-refractivity contribution is -0.127. The molecule has 1 fully saturated rings. The van der Waals surface area contributed by atoms with E-state index in [4.69, 9.17) is 9.47 Å². The molecule has 0 aromatic heterocycles. The maximum absolute atomic E-state index is 12.7. The highest BCUT2D eigenvalue weighted by Gasteiger charge is 2.36. The van der Waals surface area contributed by atoms with Gasteiger partial charge in [-0.15, -0.1) is 0 Å². The van der Waals surface area contributed by atoms with E-state index >= 15 is 0 Å². The largest absolute Gasteiger partial charge is 0.493 e. The zero-order valence-corrected chi connectivity index (χ0v) is 18.9. The summed E-state index contributed by atoms with van der Waals surface area (Å²) in [6.45, 7) is 1.55. The van der Waals surface area contributed by atoms with Crippen molar-refractivity contribution >= 4 is 56.5 Å². The molecule has 1 N–H and O–H groups in total. The number of hydrogen-bond donors (Lipinski definition) is 1. The molecule has 0 saturated carbocycles. The van der Waals surface area contributed by atoms with Crippen molar-refractivity contribution in [2.45, 2.75) is 6.92 Å². The van der Waals surface area contributed by atoms with Crippen molar-refractivity contribution in [2.24, 2.45) is 0 Å². The van der Waals surface area contributed by atoms with Crippen LogP contribution in [0.15, 0.2) is 45.8 Å². The van der Waals surface area contributed by atoms with Crippen molar-refractivity contribution < 1.29 is 23.9 Å². The van der Waals surface area contributed by atoms with Crippen LogP contribution in [0.3, 0.4) is 0 Å². The average molecular weight is 491 g/mol. The molecule has 0 unspecified atom stereocenters. The molecule has 3 rings (SSSR count). The summed E-state index contributed by atoms with van der Waals surface area (Å²) >= 11 is 4.19. The molecule has 9 heteroatoms. The number of anilines is 1. The summed E-state index contributed by atoms with van der Waals surface area (Å²) in [4.78, 5) is 38.5. The van der Waals surface area contributed by atoms with Crippen LogP contribution >= 0.6 is 27.7 Å². The number of nitrogens with one attached hydrogen (secondary N) is 1. The molecule has 1 heterocycles. The minimum atomic E-state index is -0.518. The summed E-state index contributed by atoms with van der Waals surface area (Å²) in [6, 6.07) is 10.7. The van der Waals surface area contributed by atoms with Gasteiger partial charge in [0.15, 0.2) is 11.5 Å². The zero-order valence-electron chi connectivity index (χ0n) is 16.5. The molecule has 2 aromatic carbocycles. The predicted octanol–water partition coefficient (Wildman–Crippen LogP) is 4.45. The second-order valence-electron chi connectivity index (χ2n) is 6.42. The van der Waals surface area contributed by atoms with Crippen molar-refractivity contribution in [3.05, 3.63) is 56.9 Å². The highest BCUT2D eigenvalue weighted by Crippen LogP contribution is 2.38. The molecular weight excluding hydrogens is 472 g/mol. The normalized spacial score (nSPS) is 14.9. The summed E-state index contributed by atoms with van der Waals surface area (Å²) in [5.74, 6) is 0.0405. The molecule has 1 aliphatic rings. The highest BCUT2D eigenvalue weighted by molar-refractivity contribution is 9.10. The van der Waals surface area contributed by atoms with Gasteiger partial charge in [-0.1, -0.05) is 12.1 Å². The Morgan fingerprint density at radius 1 is 1.20 bits per heavy atom. The first-order valence-electron chi connectivity index (χ1n) is 8.85. The van der Waals surface area contributed by atoms with Gasteiger partial charge < -0.3 is 14.8 Å². The maximum atomic E-state index is 12.7. The molecule has 0 radical (unpaired) electrons. The van der Waals surface area contributed by atoms with Crippen LogP contribution in [0.4, 0.5) is 10.5 Å². The Morgan fingerprint density at radius 3 is 2.63 bits per heavy atom. The molecule has 0 atom stereocenters. The average Bonchev–Trinajstić information content (AvgIpc) is 2.94. The zero-order chi connectivity index (χ0) is 21.8. The highest BCUT2D eigenvalue weighted by atomic mass is 79.9. The topological polar surface area (TPSA) is 84.9 Å². The number of thioether (sulfide) groups is 1. The summed E-state index contributed by atoms with van der Waals surface area (Å²) in [5.41, 5.74) is 2.25. The Bertz CT molecular complexity index is 1050. The van der Waals surface area contributed by atoms with Crippen molar-refractivity contribution in [3.8, 4) is 11.5 Å². The number of amides is 3. The van der Waals surface area contributed by atoms with Crippen LogP contribution in [0.2, 0.25) is 0 Å². The third-order valence-electron chi connectivity index (χ3n) is 4.23. The summed E-state index contributed by atoms with van der Waals surface area (Å²) in [5, 5.41) is 2.20. The number of benzene rings is 2. The van der Waals surface area contributed by atoms with Crippen LogP contribution in [0.5, 0.6) is 11.5 Å². The molecule has 7 nitrogen and oxygen atoms in total. The number of carbonyl (C=O) groups is 3. The fraction of sp³-hybridized carbons (Fsp3) is 0.190. The van der Waals surface area contributed by atoms with Gasteiger partial charge in [-0.3, -0.25) is 19.3 Å². The predicted molar refractivity (Wildman–Crippen MR) is 120 cm³/mol. The smallest absolute Gasteiger partial charge is 0.294 e. The van der Waals surface area contributed by atoms with E-state index in [9.17, 15) is 14.4 Å². The van der Waals surface area contributed by atoms with Crippen molar-refractivity contribution in [1.82, 2.24) is 4.90 Å². The van der Waals surface area contributed by atoms with Crippen molar-refractivity contribution in [3.63, 3.8) is 0 Å². The molecule has 1 saturated heterocycles. The molecule has 156 valence electrons. The van der Waals surface area contributed by atoms with Crippen LogP contribution in [-0.4, -0.2) is 42.7 Å². The first kappa shape index (κ1) is 21.9. The molecule has 3 amide bonds. The Labute approximate surface area is 186 Å². The molecule has 0 aliphatic carbocycles. The van der Waals surface area contributed by atoms with E-state index in [1.165, 1.54) is 14.2 Å². The molecule has 30 heavy (non-hydrogen) atoms. The van der Waals surface area contributed by atoms with Crippen LogP contribution in [0, 0.1) is 6.92 Å². The van der Waals surface area contributed by atoms with Crippen LogP contribution in [0.1, 0.15) is 11.1 Å². The SMILES string of the molecule is COc1cc(/C=C2/SC(=O)N(CC(=O)Nc3cccc(C)c3)C2=O)cc(Br)c1OC. The van der Waals surface area contributed by atoms with E-state index in [1.807, 2.05) is 19.1 Å². The number of ether oxygens (including phenoxy) is 2. The van der Waals surface area contributed by atoms with E-state index in [-0.39, 0.29) is 11.4 Å². The monoisotopic (exact) mass is 490 g/mol. The van der Waals surface area contributed by atoms with Gasteiger partial charge in [0, 0.05) is 5.69 Å². The first-order valence-corrected chi connectivity index (χ1v) is 10.5. The number of nitrogens with zero attached hydrogens (tertiary/aromatic N) is 1. The van der Waals surface area contributed by atoms with E-state index in [1.54, 1.807) is 30.3 Å². The Balaban J connectivity index is 1.76.